The van der Waals surface area contributed by atoms with Crippen molar-refractivity contribution >= 4 is 75.4 Å². The second kappa shape index (κ2) is 5.47. The molecule has 1 aliphatic rings. The van der Waals surface area contributed by atoms with Crippen LogP contribution in [0.2, 0.25) is 0 Å². The topological polar surface area (TPSA) is 57.1 Å². The third-order valence-corrected chi connectivity index (χ3v) is 2.85. The maximum Gasteiger partial charge on any atom is 0.250 e. The summed E-state index contributed by atoms with van der Waals surface area (Å²) >= 11 is 34.3. The number of halogens is 6. The van der Waals surface area contributed by atoms with Crippen molar-refractivity contribution in [1.82, 2.24) is 15.0 Å². The lowest BCUT2D eigenvalue weighted by molar-refractivity contribution is 0.0999. The molecule has 1 aliphatic heterocycles. The summed E-state index contributed by atoms with van der Waals surface area (Å²) in [5.41, 5.74) is 0. The van der Waals surface area contributed by atoms with Crippen LogP contribution >= 0.6 is 69.6 Å². The second-order valence-electron chi connectivity index (χ2n) is 3.21. The third-order valence-electron chi connectivity index (χ3n) is 1.84. The Labute approximate surface area is 137 Å². The van der Waals surface area contributed by atoms with Gasteiger partial charge >= 0.3 is 0 Å². The lowest BCUT2D eigenvalue weighted by atomic mass is 10.4. The molecule has 19 heavy (non-hydrogen) atoms. The van der Waals surface area contributed by atoms with Crippen molar-refractivity contribution in [2.45, 2.75) is 7.59 Å². The summed E-state index contributed by atoms with van der Waals surface area (Å²) in [6.07, 6.45) is 1.29. The summed E-state index contributed by atoms with van der Waals surface area (Å²) in [5, 5.41) is 0. The molecular formula is C8H3Cl6N3O2. The maximum atomic E-state index is 5.72. The molecule has 11 heteroatoms. The number of rotatable bonds is 1. The lowest BCUT2D eigenvalue weighted by Crippen LogP contribution is -2.18. The number of hydrogen-bond acceptors (Lipinski definition) is 5. The van der Waals surface area contributed by atoms with Crippen LogP contribution in [0.25, 0.3) is 5.76 Å². The molecule has 0 amide bonds. The zero-order valence-electron chi connectivity index (χ0n) is 8.71. The highest BCUT2D eigenvalue weighted by Gasteiger charge is 2.34. The number of nitrogens with zero attached hydrogens (tertiary/aromatic N) is 3. The number of ether oxygens (including phenoxy) is 2. The van der Waals surface area contributed by atoms with Gasteiger partial charge in [-0.05, 0) is 0 Å². The van der Waals surface area contributed by atoms with Crippen LogP contribution in [-0.4, -0.2) is 21.7 Å². The minimum atomic E-state index is -1.90. The van der Waals surface area contributed by atoms with E-state index < -0.39 is 7.59 Å². The summed E-state index contributed by atoms with van der Waals surface area (Å²) in [6.45, 7) is 0.0211. The summed E-state index contributed by atoms with van der Waals surface area (Å²) in [4.78, 5) is 11.7. The first-order valence-corrected chi connectivity index (χ1v) is 6.80. The van der Waals surface area contributed by atoms with E-state index in [9.17, 15) is 0 Å². The largest absolute Gasteiger partial charge is 0.461 e. The summed E-state index contributed by atoms with van der Waals surface area (Å²) < 4.78 is 6.18. The quantitative estimate of drug-likeness (QED) is 0.688. The van der Waals surface area contributed by atoms with Gasteiger partial charge in [0.2, 0.25) is 26.0 Å². The van der Waals surface area contributed by atoms with Crippen LogP contribution in [0.4, 0.5) is 0 Å². The van der Waals surface area contributed by atoms with E-state index in [1.807, 2.05) is 0 Å². The van der Waals surface area contributed by atoms with E-state index in [0.29, 0.717) is 0 Å². The van der Waals surface area contributed by atoms with Gasteiger partial charge in [-0.25, -0.2) is 15.0 Å². The zero-order chi connectivity index (χ0) is 14.3. The van der Waals surface area contributed by atoms with Crippen LogP contribution in [0.3, 0.4) is 0 Å². The SMILES string of the molecule is ClC(Cl)(Cl)c1nc(C2=COCO2)nc(C(Cl)(Cl)Cl)n1. The summed E-state index contributed by atoms with van der Waals surface area (Å²) in [6, 6.07) is 0. The molecule has 0 saturated carbocycles. The van der Waals surface area contributed by atoms with E-state index in [4.69, 9.17) is 79.1 Å². The summed E-state index contributed by atoms with van der Waals surface area (Å²) in [5.74, 6) is -0.135. The van der Waals surface area contributed by atoms with Gasteiger partial charge in [0.05, 0.1) is 0 Å². The van der Waals surface area contributed by atoms with Crippen molar-refractivity contribution < 1.29 is 9.47 Å². The van der Waals surface area contributed by atoms with Gasteiger partial charge in [0.25, 0.3) is 0 Å². The van der Waals surface area contributed by atoms with Crippen molar-refractivity contribution in [3.8, 4) is 0 Å². The van der Waals surface area contributed by atoms with Crippen LogP contribution in [-0.2, 0) is 17.1 Å². The first-order valence-electron chi connectivity index (χ1n) is 4.53. The fraction of sp³-hybridized carbons (Fsp3) is 0.375. The van der Waals surface area contributed by atoms with Crippen molar-refractivity contribution in [2.24, 2.45) is 0 Å². The fourth-order valence-corrected chi connectivity index (χ4v) is 1.61. The molecule has 0 spiro atoms. The Morgan fingerprint density at radius 1 is 0.895 bits per heavy atom. The monoisotopic (exact) mass is 383 g/mol. The molecule has 104 valence electrons. The van der Waals surface area contributed by atoms with E-state index in [1.165, 1.54) is 6.26 Å². The number of aromatic nitrogens is 3. The highest BCUT2D eigenvalue weighted by Crippen LogP contribution is 2.40. The van der Waals surface area contributed by atoms with E-state index in [2.05, 4.69) is 15.0 Å². The zero-order valence-corrected chi connectivity index (χ0v) is 13.2. The fourth-order valence-electron chi connectivity index (χ4n) is 1.10. The first-order chi connectivity index (χ1) is 8.68. The number of hydrogen-bond donors (Lipinski definition) is 0. The predicted molar refractivity (Wildman–Crippen MR) is 73.3 cm³/mol. The molecule has 0 bridgehead atoms. The molecule has 2 heterocycles. The maximum absolute atomic E-state index is 5.72. The molecule has 0 unspecified atom stereocenters. The minimum absolute atomic E-state index is 0.0211. The normalized spacial score (nSPS) is 15.8. The van der Waals surface area contributed by atoms with Crippen LogP contribution in [0.15, 0.2) is 6.26 Å². The standard InChI is InChI=1S/C8H3Cl6N3O2/c9-7(10,11)5-15-4(3-1-18-2-19-3)16-6(17-5)8(12,13)14/h1H,2H2. The van der Waals surface area contributed by atoms with Crippen molar-refractivity contribution in [3.05, 3.63) is 23.7 Å². The second-order valence-corrected chi connectivity index (χ2v) is 7.78. The van der Waals surface area contributed by atoms with Crippen LogP contribution in [0.1, 0.15) is 17.5 Å². The summed E-state index contributed by atoms with van der Waals surface area (Å²) in [7, 11) is 0. The Kier molecular flexibility index (Phi) is 4.45. The van der Waals surface area contributed by atoms with Crippen LogP contribution < -0.4 is 0 Å². The molecule has 0 aliphatic carbocycles. The minimum Gasteiger partial charge on any atom is -0.461 e. The highest BCUT2D eigenvalue weighted by atomic mass is 35.6. The molecule has 0 saturated heterocycles. The molecule has 1 aromatic rings. The number of alkyl halides is 6. The molecule has 0 N–H and O–H groups in total. The van der Waals surface area contributed by atoms with Gasteiger partial charge in [-0.3, -0.25) is 0 Å². The molecule has 0 radical (unpaired) electrons. The van der Waals surface area contributed by atoms with Gasteiger partial charge in [-0.2, -0.15) is 0 Å². The Morgan fingerprint density at radius 3 is 1.79 bits per heavy atom. The van der Waals surface area contributed by atoms with E-state index in [-0.39, 0.29) is 30.0 Å². The van der Waals surface area contributed by atoms with Gasteiger partial charge in [-0.1, -0.05) is 69.6 Å². The molecular weight excluding hydrogens is 383 g/mol. The van der Waals surface area contributed by atoms with Gasteiger partial charge < -0.3 is 9.47 Å². The Bertz CT molecular complexity index is 492. The Hall–Kier alpha value is 0.0900. The van der Waals surface area contributed by atoms with Gasteiger partial charge in [0, 0.05) is 0 Å². The van der Waals surface area contributed by atoms with E-state index in [1.54, 1.807) is 0 Å². The lowest BCUT2D eigenvalue weighted by Gasteiger charge is -2.15. The van der Waals surface area contributed by atoms with Gasteiger partial charge in [0.1, 0.15) is 6.26 Å². The van der Waals surface area contributed by atoms with Crippen LogP contribution in [0, 0.1) is 0 Å². The van der Waals surface area contributed by atoms with Crippen LogP contribution in [0.5, 0.6) is 0 Å². The molecule has 1 aromatic heterocycles. The Balaban J connectivity index is 2.55. The predicted octanol–water partition coefficient (Wildman–Crippen LogP) is 3.83. The highest BCUT2D eigenvalue weighted by molar-refractivity contribution is 6.67. The van der Waals surface area contributed by atoms with Crippen molar-refractivity contribution in [2.75, 3.05) is 6.79 Å². The van der Waals surface area contributed by atoms with E-state index in [0.717, 1.165) is 0 Å². The van der Waals surface area contributed by atoms with Gasteiger partial charge in [-0.15, -0.1) is 0 Å². The first kappa shape index (κ1) is 15.5. The third kappa shape index (κ3) is 3.80. The molecule has 0 fully saturated rings. The Morgan fingerprint density at radius 2 is 1.42 bits per heavy atom. The smallest absolute Gasteiger partial charge is 0.250 e. The van der Waals surface area contributed by atoms with Crippen molar-refractivity contribution in [1.29, 1.82) is 0 Å². The van der Waals surface area contributed by atoms with Gasteiger partial charge in [0.15, 0.2) is 11.6 Å². The molecule has 0 atom stereocenters. The molecule has 2 rings (SSSR count). The average molecular weight is 386 g/mol. The molecule has 0 aromatic carbocycles. The average Bonchev–Trinajstić information content (AvgIpc) is 2.79. The van der Waals surface area contributed by atoms with Crippen molar-refractivity contribution in [3.63, 3.8) is 0 Å². The van der Waals surface area contributed by atoms with E-state index >= 15 is 0 Å². The molecule has 5 nitrogen and oxygen atoms in total.